The highest BCUT2D eigenvalue weighted by molar-refractivity contribution is 8.87. The molecule has 0 unspecified atom stereocenters. The second kappa shape index (κ2) is 4.04. The fourth-order valence-electron chi connectivity index (χ4n) is 1.93. The highest BCUT2D eigenvalue weighted by Crippen LogP contribution is 2.57. The molecule has 1 nitrogen and oxygen atoms in total. The summed E-state index contributed by atoms with van der Waals surface area (Å²) in [5, 5.41) is 9.68. The molecular weight excluding hydrogens is 245 g/mol. The van der Waals surface area contributed by atoms with Crippen LogP contribution in [0.4, 0.5) is 13.2 Å². The highest BCUT2D eigenvalue weighted by Gasteiger charge is 2.55. The molecule has 1 rings (SSSR count). The fourth-order valence-corrected chi connectivity index (χ4v) is 3.95. The van der Waals surface area contributed by atoms with E-state index >= 15 is 0 Å². The zero-order valence-electron chi connectivity index (χ0n) is 8.84. The first-order chi connectivity index (χ1) is 6.56. The van der Waals surface area contributed by atoms with E-state index in [1.54, 1.807) is 0 Å². The van der Waals surface area contributed by atoms with E-state index in [1.165, 1.54) is 0 Å². The van der Waals surface area contributed by atoms with Crippen molar-refractivity contribution in [3.63, 3.8) is 0 Å². The lowest BCUT2D eigenvalue weighted by molar-refractivity contribution is -0.269. The van der Waals surface area contributed by atoms with Crippen LogP contribution < -0.4 is 0 Å². The number of halogens is 3. The van der Waals surface area contributed by atoms with E-state index in [0.29, 0.717) is 12.8 Å². The van der Waals surface area contributed by atoms with Gasteiger partial charge in [0.2, 0.25) is 0 Å². The van der Waals surface area contributed by atoms with Gasteiger partial charge in [0, 0.05) is 0 Å². The lowest BCUT2D eigenvalue weighted by Crippen LogP contribution is -2.48. The molecule has 0 radical (unpaired) electrons. The topological polar surface area (TPSA) is 20.2 Å². The van der Waals surface area contributed by atoms with Gasteiger partial charge in [0.1, 0.15) is 0 Å². The first-order valence-electron chi connectivity index (χ1n) is 4.80. The van der Waals surface area contributed by atoms with Gasteiger partial charge in [0.05, 0.1) is 0 Å². The highest BCUT2D eigenvalue weighted by atomic mass is 33.1. The average molecular weight is 262 g/mol. The van der Waals surface area contributed by atoms with Crippen molar-refractivity contribution < 1.29 is 18.3 Å². The summed E-state index contributed by atoms with van der Waals surface area (Å²) >= 11 is 4.45. The van der Waals surface area contributed by atoms with Gasteiger partial charge in [-0.2, -0.15) is 22.2 Å². The number of rotatable bonds is 1. The maximum atomic E-state index is 12.5. The molecule has 0 aromatic rings. The zero-order chi connectivity index (χ0) is 11.9. The van der Waals surface area contributed by atoms with Gasteiger partial charge in [-0.15, -0.1) is 11.7 Å². The number of alkyl halides is 3. The molecule has 1 aliphatic carbocycles. The van der Waals surface area contributed by atoms with Crippen molar-refractivity contribution in [2.24, 2.45) is 0 Å². The van der Waals surface area contributed by atoms with Crippen LogP contribution in [-0.4, -0.2) is 34.6 Å². The minimum Gasteiger partial charge on any atom is -0.380 e. The predicted octanol–water partition coefficient (Wildman–Crippen LogP) is 3.13. The van der Waals surface area contributed by atoms with Crippen molar-refractivity contribution in [3.05, 3.63) is 0 Å². The molecule has 0 aromatic heterocycles. The normalized spacial score (nSPS) is 35.3. The maximum Gasteiger partial charge on any atom is 0.417 e. The van der Waals surface area contributed by atoms with Crippen molar-refractivity contribution in [1.82, 2.24) is 0 Å². The van der Waals surface area contributed by atoms with E-state index in [2.05, 4.69) is 11.7 Å². The molecule has 0 bridgehead atoms. The molecule has 6 heteroatoms. The van der Waals surface area contributed by atoms with Crippen molar-refractivity contribution in [2.75, 3.05) is 12.5 Å². The van der Waals surface area contributed by atoms with E-state index < -0.39 is 20.8 Å². The smallest absolute Gasteiger partial charge is 0.380 e. The van der Waals surface area contributed by atoms with E-state index in [-0.39, 0.29) is 18.1 Å². The van der Waals surface area contributed by atoms with Crippen LogP contribution in [0.25, 0.3) is 0 Å². The van der Waals surface area contributed by atoms with E-state index in [4.69, 9.17) is 0 Å². The van der Waals surface area contributed by atoms with Crippen LogP contribution in [0.5, 0.6) is 0 Å². The molecule has 0 amide bonds. The predicted molar refractivity (Wildman–Crippen MR) is 61.7 cm³/mol. The largest absolute Gasteiger partial charge is 0.417 e. The summed E-state index contributed by atoms with van der Waals surface area (Å²) in [6.45, 7) is 0. The van der Waals surface area contributed by atoms with Gasteiger partial charge < -0.3 is 5.11 Å². The SMILES string of the molecule is CS(C)(S)C1CCC(O)(C(F)(F)F)CC1. The van der Waals surface area contributed by atoms with Gasteiger partial charge in [0.15, 0.2) is 5.60 Å². The van der Waals surface area contributed by atoms with Crippen LogP contribution in [0.3, 0.4) is 0 Å². The molecule has 0 aliphatic heterocycles. The minimum absolute atomic E-state index is 0.182. The average Bonchev–Trinajstić information content (AvgIpc) is 2.01. The fraction of sp³-hybridized carbons (Fsp3) is 1.00. The van der Waals surface area contributed by atoms with Crippen LogP contribution in [0.1, 0.15) is 25.7 Å². The molecule has 0 heterocycles. The summed E-state index contributed by atoms with van der Waals surface area (Å²) in [5.41, 5.74) is -2.46. The van der Waals surface area contributed by atoms with Gasteiger partial charge in [0.25, 0.3) is 0 Å². The third-order valence-corrected chi connectivity index (χ3v) is 6.10. The Morgan fingerprint density at radius 3 is 1.93 bits per heavy atom. The third kappa shape index (κ3) is 2.97. The molecule has 0 spiro atoms. The summed E-state index contributed by atoms with van der Waals surface area (Å²) in [6, 6.07) is 0. The minimum atomic E-state index is -4.49. The number of aliphatic hydroxyl groups is 1. The first kappa shape index (κ1) is 13.5. The number of hydrogen-bond donors (Lipinski definition) is 2. The lowest BCUT2D eigenvalue weighted by atomic mass is 9.84. The molecule has 92 valence electrons. The van der Waals surface area contributed by atoms with E-state index in [1.807, 2.05) is 12.5 Å². The van der Waals surface area contributed by atoms with E-state index in [0.717, 1.165) is 0 Å². The Bertz CT molecular complexity index is 226. The molecular formula is C9H17F3OS2. The second-order valence-electron chi connectivity index (χ2n) is 4.58. The summed E-state index contributed by atoms with van der Waals surface area (Å²) in [4.78, 5) is 0. The van der Waals surface area contributed by atoms with Crippen molar-refractivity contribution in [1.29, 1.82) is 0 Å². The molecule has 0 saturated heterocycles. The monoisotopic (exact) mass is 262 g/mol. The van der Waals surface area contributed by atoms with Crippen LogP contribution in [0.2, 0.25) is 0 Å². The van der Waals surface area contributed by atoms with Crippen molar-refractivity contribution >= 4 is 20.7 Å². The maximum absolute atomic E-state index is 12.5. The lowest BCUT2D eigenvalue weighted by Gasteiger charge is -2.43. The Hall–Kier alpha value is 0.450. The van der Waals surface area contributed by atoms with Gasteiger partial charge in [-0.1, -0.05) is 0 Å². The summed E-state index contributed by atoms with van der Waals surface area (Å²) in [6.07, 6.45) is -0.0501. The molecule has 0 aromatic carbocycles. The van der Waals surface area contributed by atoms with Crippen molar-refractivity contribution in [3.8, 4) is 0 Å². The molecule has 15 heavy (non-hydrogen) atoms. The summed E-state index contributed by atoms with van der Waals surface area (Å²) in [7, 11) is -1.11. The Morgan fingerprint density at radius 2 is 1.67 bits per heavy atom. The Kier molecular flexibility index (Phi) is 3.64. The number of hydrogen-bond acceptors (Lipinski definition) is 2. The van der Waals surface area contributed by atoms with Crippen LogP contribution in [-0.2, 0) is 0 Å². The van der Waals surface area contributed by atoms with Crippen LogP contribution in [0, 0.1) is 0 Å². The van der Waals surface area contributed by atoms with Gasteiger partial charge >= 0.3 is 6.18 Å². The number of thiol groups is 1. The van der Waals surface area contributed by atoms with Gasteiger partial charge in [-0.3, -0.25) is 0 Å². The first-order valence-corrected chi connectivity index (χ1v) is 8.36. The third-order valence-electron chi connectivity index (χ3n) is 3.10. The van der Waals surface area contributed by atoms with E-state index in [9.17, 15) is 18.3 Å². The quantitative estimate of drug-likeness (QED) is 0.549. The molecule has 1 aliphatic rings. The standard InChI is InChI=1S/C9H17F3OS2/c1-15(2,14)7-3-5-8(13,6-4-7)9(10,11)12/h7,13-14H,3-6H2,1-2H3. The molecule has 1 N–H and O–H groups in total. The second-order valence-corrected chi connectivity index (χ2v) is 10.8. The van der Waals surface area contributed by atoms with Gasteiger partial charge in [-0.25, -0.2) is 0 Å². The molecule has 0 atom stereocenters. The van der Waals surface area contributed by atoms with Crippen LogP contribution in [0.15, 0.2) is 0 Å². The molecule has 1 fully saturated rings. The van der Waals surface area contributed by atoms with Gasteiger partial charge in [-0.05, 0) is 43.4 Å². The summed E-state index contributed by atoms with van der Waals surface area (Å²) in [5.74, 6) is 0. The molecule has 1 saturated carbocycles. The Balaban J connectivity index is 2.64. The Morgan fingerprint density at radius 1 is 1.27 bits per heavy atom. The van der Waals surface area contributed by atoms with Crippen LogP contribution >= 0.6 is 20.7 Å². The zero-order valence-corrected chi connectivity index (χ0v) is 10.6. The Labute approximate surface area is 94.6 Å². The summed E-state index contributed by atoms with van der Waals surface area (Å²) < 4.78 is 37.5. The van der Waals surface area contributed by atoms with Crippen molar-refractivity contribution in [2.45, 2.75) is 42.7 Å².